The van der Waals surface area contributed by atoms with E-state index >= 15 is 0 Å². The lowest BCUT2D eigenvalue weighted by atomic mass is 10.1. The highest BCUT2D eigenvalue weighted by Crippen LogP contribution is 2.39. The second-order valence-corrected chi connectivity index (χ2v) is 8.13. The third kappa shape index (κ3) is 3.90. The first-order valence-electron chi connectivity index (χ1n) is 8.71. The number of fused-ring (bicyclic) bond motifs is 1. The van der Waals surface area contributed by atoms with E-state index in [4.69, 9.17) is 15.5 Å². The number of thioether (sulfide) groups is 1. The van der Waals surface area contributed by atoms with Gasteiger partial charge in [0.25, 0.3) is 0 Å². The average molecular weight is 424 g/mol. The van der Waals surface area contributed by atoms with Gasteiger partial charge in [-0.1, -0.05) is 54.2 Å². The summed E-state index contributed by atoms with van der Waals surface area (Å²) in [7, 11) is 1.64. The summed E-state index contributed by atoms with van der Waals surface area (Å²) >= 11 is 2.55. The van der Waals surface area contributed by atoms with Crippen LogP contribution in [0.25, 0.3) is 21.5 Å². The number of aromatic nitrogens is 2. The highest BCUT2D eigenvalue weighted by atomic mass is 32.2. The average Bonchev–Trinajstić information content (AvgIpc) is 3.09. The molecule has 4 rings (SSSR count). The zero-order valence-corrected chi connectivity index (χ0v) is 17.1. The van der Waals surface area contributed by atoms with Gasteiger partial charge in [0.1, 0.15) is 15.5 Å². The number of thiophene rings is 1. The standard InChI is InChI=1S/C21H17N3O3S2/c1-27-14-9-5-6-12(10-14)11-28-21-23-17(13-7-3-2-4-8-13)15-16(22)18(20(25)26)29-19(15)24-21/h2-10H,11,22H2,1H3,(H,25,26). The molecule has 2 aromatic carbocycles. The van der Waals surface area contributed by atoms with E-state index in [0.717, 1.165) is 28.2 Å². The molecule has 2 heterocycles. The molecule has 0 saturated carbocycles. The summed E-state index contributed by atoms with van der Waals surface area (Å²) in [6.07, 6.45) is 0. The highest BCUT2D eigenvalue weighted by Gasteiger charge is 2.21. The van der Waals surface area contributed by atoms with Crippen LogP contribution in [-0.2, 0) is 5.75 Å². The van der Waals surface area contributed by atoms with Gasteiger partial charge >= 0.3 is 5.97 Å². The Morgan fingerprint density at radius 1 is 1.17 bits per heavy atom. The molecule has 0 aliphatic heterocycles. The molecule has 4 aromatic rings. The van der Waals surface area contributed by atoms with E-state index in [0.29, 0.717) is 26.8 Å². The minimum absolute atomic E-state index is 0.0847. The van der Waals surface area contributed by atoms with Crippen molar-refractivity contribution in [3.63, 3.8) is 0 Å². The van der Waals surface area contributed by atoms with Gasteiger partial charge in [-0.2, -0.15) is 0 Å². The first-order chi connectivity index (χ1) is 14.1. The normalized spacial score (nSPS) is 10.9. The fraction of sp³-hybridized carbons (Fsp3) is 0.0952. The van der Waals surface area contributed by atoms with Crippen LogP contribution >= 0.6 is 23.1 Å². The number of carbonyl (C=O) groups is 1. The van der Waals surface area contributed by atoms with Gasteiger partial charge < -0.3 is 15.6 Å². The summed E-state index contributed by atoms with van der Waals surface area (Å²) in [4.78, 5) is 21.5. The number of methoxy groups -OCH3 is 1. The van der Waals surface area contributed by atoms with Crippen LogP contribution < -0.4 is 10.5 Å². The summed E-state index contributed by atoms with van der Waals surface area (Å²) < 4.78 is 5.27. The largest absolute Gasteiger partial charge is 0.497 e. The van der Waals surface area contributed by atoms with E-state index in [2.05, 4.69) is 4.98 Å². The molecule has 3 N–H and O–H groups in total. The molecule has 0 amide bonds. The Hall–Kier alpha value is -3.10. The number of nitrogens with two attached hydrogens (primary N) is 1. The maximum atomic E-state index is 11.6. The van der Waals surface area contributed by atoms with E-state index in [1.807, 2.05) is 54.6 Å². The molecule has 0 saturated heterocycles. The zero-order chi connectivity index (χ0) is 20.4. The highest BCUT2D eigenvalue weighted by molar-refractivity contribution is 7.98. The Morgan fingerprint density at radius 2 is 1.97 bits per heavy atom. The Labute approximate surface area is 175 Å². The van der Waals surface area contributed by atoms with Gasteiger partial charge in [0.2, 0.25) is 0 Å². The molecule has 146 valence electrons. The molecule has 0 radical (unpaired) electrons. The van der Waals surface area contributed by atoms with E-state index in [9.17, 15) is 9.90 Å². The fourth-order valence-electron chi connectivity index (χ4n) is 2.94. The van der Waals surface area contributed by atoms with Crippen LogP contribution in [-0.4, -0.2) is 28.2 Å². The molecule has 0 aliphatic rings. The third-order valence-corrected chi connectivity index (χ3v) is 6.32. The zero-order valence-electron chi connectivity index (χ0n) is 15.5. The molecule has 29 heavy (non-hydrogen) atoms. The lowest BCUT2D eigenvalue weighted by Gasteiger charge is -2.08. The van der Waals surface area contributed by atoms with E-state index in [1.165, 1.54) is 11.8 Å². The van der Waals surface area contributed by atoms with Crippen molar-refractivity contribution >= 4 is 45.0 Å². The second kappa shape index (κ2) is 8.10. The lowest BCUT2D eigenvalue weighted by Crippen LogP contribution is -1.98. The number of anilines is 1. The van der Waals surface area contributed by atoms with Gasteiger partial charge in [-0.05, 0) is 17.7 Å². The van der Waals surface area contributed by atoms with Crippen LogP contribution in [0.5, 0.6) is 5.75 Å². The molecule has 6 nitrogen and oxygen atoms in total. The van der Waals surface area contributed by atoms with Crippen LogP contribution in [0.4, 0.5) is 5.69 Å². The molecule has 0 fully saturated rings. The monoisotopic (exact) mass is 423 g/mol. The molecule has 0 bridgehead atoms. The number of nitrogens with zero attached hydrogens (tertiary/aromatic N) is 2. The Morgan fingerprint density at radius 3 is 2.69 bits per heavy atom. The predicted octanol–water partition coefficient (Wildman–Crippen LogP) is 4.94. The number of carboxylic acids is 1. The second-order valence-electron chi connectivity index (χ2n) is 6.19. The van der Waals surface area contributed by atoms with Crippen molar-refractivity contribution in [1.82, 2.24) is 9.97 Å². The Balaban J connectivity index is 1.78. The summed E-state index contributed by atoms with van der Waals surface area (Å²) in [5, 5.41) is 10.6. The topological polar surface area (TPSA) is 98.3 Å². The molecule has 0 spiro atoms. The van der Waals surface area contributed by atoms with Gasteiger partial charge in [-0.3, -0.25) is 0 Å². The molecule has 0 unspecified atom stereocenters. The fourth-order valence-corrected chi connectivity index (χ4v) is 4.72. The third-order valence-electron chi connectivity index (χ3n) is 4.31. The summed E-state index contributed by atoms with van der Waals surface area (Å²) in [6, 6.07) is 17.4. The van der Waals surface area contributed by atoms with Crippen molar-refractivity contribution in [2.75, 3.05) is 12.8 Å². The first kappa shape index (κ1) is 19.2. The van der Waals surface area contributed by atoms with Crippen LogP contribution in [0.3, 0.4) is 0 Å². The van der Waals surface area contributed by atoms with Crippen molar-refractivity contribution in [1.29, 1.82) is 0 Å². The number of hydrogen-bond donors (Lipinski definition) is 2. The molecule has 0 atom stereocenters. The Bertz CT molecular complexity index is 1190. The van der Waals surface area contributed by atoms with E-state index in [-0.39, 0.29) is 10.6 Å². The van der Waals surface area contributed by atoms with Gasteiger partial charge in [0.05, 0.1) is 23.9 Å². The van der Waals surface area contributed by atoms with Crippen LogP contribution in [0.2, 0.25) is 0 Å². The van der Waals surface area contributed by atoms with Crippen molar-refractivity contribution in [2.45, 2.75) is 10.9 Å². The lowest BCUT2D eigenvalue weighted by molar-refractivity contribution is 0.0703. The maximum absolute atomic E-state index is 11.6. The smallest absolute Gasteiger partial charge is 0.348 e. The van der Waals surface area contributed by atoms with Crippen molar-refractivity contribution in [2.24, 2.45) is 0 Å². The number of benzene rings is 2. The van der Waals surface area contributed by atoms with Crippen LogP contribution in [0.1, 0.15) is 15.2 Å². The van der Waals surface area contributed by atoms with Crippen LogP contribution in [0, 0.1) is 0 Å². The Kier molecular flexibility index (Phi) is 5.37. The number of ether oxygens (including phenoxy) is 1. The maximum Gasteiger partial charge on any atom is 0.348 e. The van der Waals surface area contributed by atoms with Gasteiger partial charge in [-0.25, -0.2) is 14.8 Å². The van der Waals surface area contributed by atoms with Gasteiger partial charge in [0, 0.05) is 11.3 Å². The van der Waals surface area contributed by atoms with Crippen LogP contribution in [0.15, 0.2) is 59.8 Å². The molecule has 0 aliphatic carbocycles. The van der Waals surface area contributed by atoms with E-state index < -0.39 is 5.97 Å². The minimum atomic E-state index is -1.06. The van der Waals surface area contributed by atoms with Crippen molar-refractivity contribution in [3.8, 4) is 17.0 Å². The number of hydrogen-bond acceptors (Lipinski definition) is 7. The number of rotatable bonds is 6. The summed E-state index contributed by atoms with van der Waals surface area (Å²) in [6.45, 7) is 0. The quantitative estimate of drug-likeness (QED) is 0.335. The minimum Gasteiger partial charge on any atom is -0.497 e. The predicted molar refractivity (Wildman–Crippen MR) is 117 cm³/mol. The number of aromatic carboxylic acids is 1. The SMILES string of the molecule is COc1cccc(CSc2nc(-c3ccccc3)c3c(N)c(C(=O)O)sc3n2)c1. The van der Waals surface area contributed by atoms with Gasteiger partial charge in [0.15, 0.2) is 5.16 Å². The van der Waals surface area contributed by atoms with Crippen molar-refractivity contribution < 1.29 is 14.6 Å². The molecule has 8 heteroatoms. The van der Waals surface area contributed by atoms with Gasteiger partial charge in [-0.15, -0.1) is 11.3 Å². The summed E-state index contributed by atoms with van der Waals surface area (Å²) in [5.74, 6) is 0.389. The first-order valence-corrected chi connectivity index (χ1v) is 10.5. The summed E-state index contributed by atoms with van der Waals surface area (Å²) in [5.41, 5.74) is 8.95. The molecular weight excluding hydrogens is 406 g/mol. The molecular formula is C21H17N3O3S2. The number of carboxylic acid groups (broad SMARTS) is 1. The molecule has 2 aromatic heterocycles. The number of nitrogen functional groups attached to an aromatic ring is 1. The van der Waals surface area contributed by atoms with Crippen molar-refractivity contribution in [3.05, 3.63) is 65.0 Å². The van der Waals surface area contributed by atoms with E-state index in [1.54, 1.807) is 7.11 Å².